The van der Waals surface area contributed by atoms with Crippen LogP contribution < -0.4 is 68.6 Å². The van der Waals surface area contributed by atoms with Crippen LogP contribution in [0.25, 0.3) is 21.9 Å². The number of aromatic hydroxyl groups is 2. The fraction of sp³-hybridized carbons (Fsp3) is 0.261. The van der Waals surface area contributed by atoms with E-state index < -0.39 is 4.96 Å². The number of benzene rings is 12. The molecule has 3 saturated carbocycles. The van der Waals surface area contributed by atoms with Gasteiger partial charge in [0.05, 0.1) is 58.8 Å². The van der Waals surface area contributed by atoms with Gasteiger partial charge in [0, 0.05) is 60.9 Å². The first-order valence-corrected chi connectivity index (χ1v) is 49.7. The molecule has 3 aliphatic carbocycles. The third-order valence-corrected chi connectivity index (χ3v) is 24.4. The van der Waals surface area contributed by atoms with E-state index in [4.69, 9.17) is 72.4 Å². The summed E-state index contributed by atoms with van der Waals surface area (Å²) in [6.07, 6.45) is 8.22. The number of aromatic nitrogens is 6. The zero-order chi connectivity index (χ0) is 101. The lowest BCUT2D eigenvalue weighted by Gasteiger charge is -2.25. The minimum absolute atomic E-state index is 0. The van der Waals surface area contributed by atoms with Crippen molar-refractivity contribution in [1.29, 1.82) is 0 Å². The van der Waals surface area contributed by atoms with Gasteiger partial charge in [-0.2, -0.15) is 49.7 Å². The number of phenols is 2. The van der Waals surface area contributed by atoms with E-state index in [1.807, 2.05) is 209 Å². The molecule has 3 heterocycles. The molecule has 15 N–H and O–H groups in total. The van der Waals surface area contributed by atoms with Crippen LogP contribution in [0.2, 0.25) is 0 Å². The van der Waals surface area contributed by atoms with Crippen molar-refractivity contribution in [2.75, 3.05) is 61.8 Å². The van der Waals surface area contributed by atoms with Crippen LogP contribution in [0.15, 0.2) is 309 Å². The number of ether oxygens (including phenoxy) is 3. The van der Waals surface area contributed by atoms with Gasteiger partial charge in [-0.3, -0.25) is 14.4 Å². The molecule has 0 bridgehead atoms. The van der Waals surface area contributed by atoms with Crippen LogP contribution >= 0.6 is 34.4 Å². The Kier molecular flexibility index (Phi) is 40.0. The van der Waals surface area contributed by atoms with E-state index >= 15 is 0 Å². The Morgan fingerprint density at radius 3 is 1.20 bits per heavy atom. The van der Waals surface area contributed by atoms with Crippen LogP contribution in [0.1, 0.15) is 186 Å². The van der Waals surface area contributed by atoms with Crippen molar-refractivity contribution in [2.24, 2.45) is 35.0 Å². The van der Waals surface area contributed by atoms with Crippen molar-refractivity contribution >= 4 is 79.8 Å². The van der Waals surface area contributed by atoms with Gasteiger partial charge < -0.3 is 78.8 Å². The standard InChI is InChI=1S/C44H44N4O3.C37H35N5O2.C29H31N5O3.C4H13N3.CH4.BCl3/c1-3-32-17-10-20-38(26-32)48-40(25-31(2)47-48)44(49)46-37-19-11-18-36(27-37)42(45-28-33-23-24-33)39-21-12-22-41(50-29-34-13-6-4-7-14-34)43(39)51-30-35-15-8-5-9-16-35;1-25-20-34(42(41-25)32-15-8-13-30(22-32)38-3)37(43)40-31-14-7-12-29(21-31)36(39-23-27-18-19-27)33-16-9-17-35(26(33)2)44-24-28-10-5-4-6-11-28;1-18-13-25(34(33-18)23-8-2-5-20(14-23)16-30)29(37)32-22-7-3-6-21(15-22)27(31-17-19-11-12-19)24-9-4-10-26(35)28(24)36;5-1-3-7-4-2-6;;2-1(3)4/h4-22,25-27,33,42,45H,3,23-24,28-30H2,1-2H3,(H,46,49);4-17,20-22,27,36,39H,18-19,23-24H2,1-2H3,(H,40,43);2-10,13-15,19,27,31,35-36H,11-12,16-17,30H2,1H3,(H,32,37);7H,1-6H2;1H4;. The molecule has 3 aromatic heterocycles. The Labute approximate surface area is 859 Å². The molecule has 0 radical (unpaired) electrons. The lowest BCUT2D eigenvalue weighted by atomic mass is 9.94. The second-order valence-electron chi connectivity index (χ2n) is 35.6. The van der Waals surface area contributed by atoms with E-state index in [9.17, 15) is 24.6 Å². The molecular formula is C115H127BCl3N17O8. The van der Waals surface area contributed by atoms with Gasteiger partial charge in [-0.05, 0) is 275 Å². The van der Waals surface area contributed by atoms with Gasteiger partial charge >= 0.3 is 4.96 Å². The molecule has 3 amide bonds. The number of nitrogens with two attached hydrogens (primary N) is 3. The van der Waals surface area contributed by atoms with Gasteiger partial charge in [0.2, 0.25) is 0 Å². The van der Waals surface area contributed by atoms with Crippen molar-refractivity contribution in [3.63, 3.8) is 0 Å². The smallest absolute Gasteiger partial charge is 0.450 e. The first kappa shape index (κ1) is 107. The molecule has 25 nitrogen and oxygen atoms in total. The Balaban J connectivity index is 0.000000173. The maximum absolute atomic E-state index is 13.8. The van der Waals surface area contributed by atoms with E-state index in [1.165, 1.54) is 50.2 Å². The highest BCUT2D eigenvalue weighted by molar-refractivity contribution is 7.54. The molecule has 3 fully saturated rings. The molecule has 3 atom stereocenters. The summed E-state index contributed by atoms with van der Waals surface area (Å²) in [5, 5.41) is 57.8. The van der Waals surface area contributed by atoms with E-state index in [0.717, 1.165) is 123 Å². The lowest BCUT2D eigenvalue weighted by Crippen LogP contribution is -2.27. The molecule has 0 spiro atoms. The summed E-state index contributed by atoms with van der Waals surface area (Å²) < 4.78 is 24.3. The fourth-order valence-electron chi connectivity index (χ4n) is 16.4. The molecule has 0 saturated heterocycles. The number of carbonyl (C=O) groups is 3. The van der Waals surface area contributed by atoms with Crippen LogP contribution in [0.5, 0.6) is 28.7 Å². The molecule has 144 heavy (non-hydrogen) atoms. The Bertz CT molecular complexity index is 6740. The summed E-state index contributed by atoms with van der Waals surface area (Å²) >= 11 is 14.4. The second-order valence-corrected chi connectivity index (χ2v) is 37.6. The first-order valence-electron chi connectivity index (χ1n) is 48.4. The number of nitrogens with one attached hydrogen (secondary N) is 7. The van der Waals surface area contributed by atoms with Crippen LogP contribution in [0.3, 0.4) is 0 Å². The summed E-state index contributed by atoms with van der Waals surface area (Å²) in [5.41, 5.74) is 36.6. The van der Waals surface area contributed by atoms with Crippen molar-refractivity contribution in [2.45, 2.75) is 131 Å². The Morgan fingerprint density at radius 1 is 0.424 bits per heavy atom. The highest BCUT2D eigenvalue weighted by atomic mass is 35.6. The van der Waals surface area contributed by atoms with Gasteiger partial charge in [0.1, 0.15) is 42.7 Å². The van der Waals surface area contributed by atoms with Gasteiger partial charge in [0.25, 0.3) is 17.7 Å². The van der Waals surface area contributed by atoms with E-state index in [1.54, 1.807) is 56.5 Å². The third kappa shape index (κ3) is 31.2. The number of nitrogens with zero attached hydrogens (tertiary/aromatic N) is 7. The van der Waals surface area contributed by atoms with E-state index in [-0.39, 0.29) is 54.8 Å². The number of aryl methyl sites for hydroxylation is 4. The highest BCUT2D eigenvalue weighted by Gasteiger charge is 2.31. The zero-order valence-electron chi connectivity index (χ0n) is 81.1. The first-order chi connectivity index (χ1) is 69.6. The topological polar surface area (TPSA) is 339 Å². The molecule has 3 unspecified atom stereocenters. The monoisotopic (exact) mass is 1990 g/mol. The number of phenolic OH excluding ortho intramolecular Hbond substituents is 2. The van der Waals surface area contributed by atoms with Crippen molar-refractivity contribution in [1.82, 2.24) is 50.6 Å². The number of carbonyl (C=O) groups excluding carboxylic acids is 3. The molecule has 3 aliphatic rings. The van der Waals surface area contributed by atoms with Gasteiger partial charge in [-0.25, -0.2) is 18.9 Å². The molecular weight excluding hydrogens is 1860 g/mol. The van der Waals surface area contributed by atoms with E-state index in [0.29, 0.717) is 125 Å². The predicted octanol–water partition coefficient (Wildman–Crippen LogP) is 22.4. The van der Waals surface area contributed by atoms with Crippen LogP contribution in [-0.4, -0.2) is 108 Å². The Morgan fingerprint density at radius 2 is 0.778 bits per heavy atom. The average molecular weight is 1990 g/mol. The minimum Gasteiger partial charge on any atom is -0.504 e. The molecule has 15 aromatic rings. The van der Waals surface area contributed by atoms with Crippen LogP contribution in [0, 0.1) is 52.0 Å². The summed E-state index contributed by atoms with van der Waals surface area (Å²) in [7, 11) is 0. The van der Waals surface area contributed by atoms with Crippen molar-refractivity contribution in [3.05, 3.63) is 422 Å². The average Bonchev–Trinajstić information content (AvgIpc) is 1.69. The molecule has 12 aromatic carbocycles. The number of hydrogen-bond donors (Lipinski definition) is 12. The van der Waals surface area contributed by atoms with E-state index in [2.05, 4.69) is 144 Å². The Hall–Kier alpha value is -14.2. The van der Waals surface area contributed by atoms with Crippen LogP contribution in [0.4, 0.5) is 22.7 Å². The molecule has 29 heteroatoms. The van der Waals surface area contributed by atoms with Crippen molar-refractivity contribution < 1.29 is 38.8 Å². The lowest BCUT2D eigenvalue weighted by molar-refractivity contribution is 0.101. The third-order valence-electron chi connectivity index (χ3n) is 24.4. The number of para-hydroxylation sites is 2. The summed E-state index contributed by atoms with van der Waals surface area (Å²) in [4.78, 5) is 43.5. The highest BCUT2D eigenvalue weighted by Crippen LogP contribution is 2.43. The minimum atomic E-state index is -0.750. The normalized spacial score (nSPS) is 12.9. The molecule has 0 aliphatic heterocycles. The molecule has 18 rings (SSSR count). The zero-order valence-corrected chi connectivity index (χ0v) is 83.3. The number of halogens is 3. The number of hydrogen-bond acceptors (Lipinski definition) is 18. The van der Waals surface area contributed by atoms with Crippen LogP contribution in [-0.2, 0) is 32.8 Å². The summed E-state index contributed by atoms with van der Waals surface area (Å²) in [6, 6.07) is 99.0. The number of amides is 3. The quantitative estimate of drug-likeness (QED) is 0.00737. The van der Waals surface area contributed by atoms with Gasteiger partial charge in [0.15, 0.2) is 28.7 Å². The summed E-state index contributed by atoms with van der Waals surface area (Å²) in [6.45, 7) is 24.7. The maximum atomic E-state index is 13.8. The molecule has 744 valence electrons. The SMILES string of the molecule is C.CCc1cccc(-n2nc(C)cc2C(=O)Nc2cccc(C(NCC3CC3)c3cccc(OCc4ccccc4)c3OCc3ccccc3)c2)c1.Cc1cc(C(=O)Nc2cccc(C(NCC3CC3)c3cccc(O)c3O)c2)n(-c2cccc(CN)c2)n1.ClB(Cl)Cl.NCCNCCN.[C-]#[N+]c1cccc(-n2nc(C)cc2C(=O)Nc2cccc(C(NCC3CC3)c3cccc(OCc4ccccc4)c3C)c2)c1. The fourth-order valence-corrected chi connectivity index (χ4v) is 16.4. The largest absolute Gasteiger partial charge is 0.504 e. The maximum Gasteiger partial charge on any atom is 0.450 e. The predicted molar refractivity (Wildman–Crippen MR) is 580 cm³/mol. The van der Waals surface area contributed by atoms with Gasteiger partial charge in [-0.1, -0.05) is 215 Å². The van der Waals surface area contributed by atoms with Gasteiger partial charge in [-0.15, -0.1) is 0 Å². The number of rotatable bonds is 39. The number of anilines is 3. The second kappa shape index (κ2) is 53.8. The van der Waals surface area contributed by atoms with Crippen molar-refractivity contribution in [3.8, 4) is 45.8 Å². The summed E-state index contributed by atoms with van der Waals surface area (Å²) in [5.74, 6) is 3.11.